The lowest BCUT2D eigenvalue weighted by molar-refractivity contribution is -0.134. The highest BCUT2D eigenvalue weighted by atomic mass is 32.2. The van der Waals surface area contributed by atoms with Crippen LogP contribution in [0.5, 0.6) is 23.0 Å². The van der Waals surface area contributed by atoms with Gasteiger partial charge in [-0.15, -0.1) is 0 Å². The number of phenolic OH excluding ortho intramolecular Hbond substituents is 1. The molecule has 0 fully saturated rings. The van der Waals surface area contributed by atoms with Gasteiger partial charge >= 0.3 is 5.97 Å². The van der Waals surface area contributed by atoms with Crippen molar-refractivity contribution in [3.63, 3.8) is 0 Å². The number of para-hydroxylation sites is 1. The van der Waals surface area contributed by atoms with Crippen molar-refractivity contribution in [3.8, 4) is 23.0 Å². The fourth-order valence-electron chi connectivity index (χ4n) is 2.92. The van der Waals surface area contributed by atoms with E-state index in [1.54, 1.807) is 43.3 Å². The molecule has 0 saturated heterocycles. The van der Waals surface area contributed by atoms with Gasteiger partial charge in [0.05, 0.1) is 30.8 Å². The van der Waals surface area contributed by atoms with Crippen LogP contribution in [-0.2, 0) is 9.59 Å². The molecule has 0 bridgehead atoms. The number of rotatable bonds is 8. The van der Waals surface area contributed by atoms with Gasteiger partial charge in [-0.25, -0.2) is 4.79 Å². The summed E-state index contributed by atoms with van der Waals surface area (Å²) >= 11 is 0.971. The van der Waals surface area contributed by atoms with Crippen molar-refractivity contribution in [2.45, 2.75) is 6.92 Å². The first-order chi connectivity index (χ1) is 14.9. The highest BCUT2D eigenvalue weighted by Gasteiger charge is 2.34. The summed E-state index contributed by atoms with van der Waals surface area (Å²) in [7, 11) is 3.00. The second kappa shape index (κ2) is 9.48. The predicted octanol–water partition coefficient (Wildman–Crippen LogP) is 3.87. The number of benzene rings is 2. The molecule has 0 spiro atoms. The van der Waals surface area contributed by atoms with E-state index in [2.05, 4.69) is 5.32 Å². The zero-order chi connectivity index (χ0) is 22.5. The number of nitrogens with one attached hydrogen (secondary N) is 1. The maximum atomic E-state index is 12.8. The molecule has 2 aromatic rings. The number of aliphatic carboxylic acids is 1. The summed E-state index contributed by atoms with van der Waals surface area (Å²) in [4.78, 5) is 24.7. The molecule has 1 aliphatic heterocycles. The number of Topliss-reactive ketones (excluding diaryl/α,β-unsaturated/α-hetero) is 1. The molecular weight excluding hydrogens is 422 g/mol. The van der Waals surface area contributed by atoms with Crippen LogP contribution >= 0.6 is 11.8 Å². The van der Waals surface area contributed by atoms with Crippen molar-refractivity contribution in [1.82, 2.24) is 0 Å². The minimum Gasteiger partial charge on any atom is -0.504 e. The molecule has 0 aliphatic carbocycles. The Bertz CT molecular complexity index is 1090. The quantitative estimate of drug-likeness (QED) is 0.413. The van der Waals surface area contributed by atoms with E-state index in [9.17, 15) is 19.8 Å². The third-order valence-corrected chi connectivity index (χ3v) is 5.40. The van der Waals surface area contributed by atoms with Crippen molar-refractivity contribution < 1.29 is 34.0 Å². The summed E-state index contributed by atoms with van der Waals surface area (Å²) in [6.07, 6.45) is 1.44. The number of methoxy groups -OCH3 is 2. The van der Waals surface area contributed by atoms with Gasteiger partial charge in [0.15, 0.2) is 23.0 Å². The topological polar surface area (TPSA) is 114 Å². The zero-order valence-corrected chi connectivity index (χ0v) is 17.9. The van der Waals surface area contributed by atoms with E-state index in [0.717, 1.165) is 11.8 Å². The van der Waals surface area contributed by atoms with Crippen LogP contribution in [0.3, 0.4) is 0 Å². The number of hydrogen-bond acceptors (Lipinski definition) is 8. The Morgan fingerprint density at radius 1 is 1.13 bits per heavy atom. The number of phenols is 1. The molecule has 3 rings (SSSR count). The fourth-order valence-corrected chi connectivity index (χ4v) is 3.98. The van der Waals surface area contributed by atoms with Crippen molar-refractivity contribution in [2.24, 2.45) is 0 Å². The van der Waals surface area contributed by atoms with E-state index in [1.165, 1.54) is 20.3 Å². The predicted molar refractivity (Wildman–Crippen MR) is 118 cm³/mol. The first-order valence-corrected chi connectivity index (χ1v) is 10.1. The van der Waals surface area contributed by atoms with Crippen LogP contribution in [0.15, 0.2) is 51.9 Å². The maximum absolute atomic E-state index is 12.8. The molecular formula is C22H21NO7S. The number of carboxylic acid groups (broad SMARTS) is 1. The first-order valence-electron chi connectivity index (χ1n) is 9.25. The van der Waals surface area contributed by atoms with Crippen LogP contribution in [-0.4, -0.2) is 42.8 Å². The van der Waals surface area contributed by atoms with Gasteiger partial charge in [-0.05, 0) is 31.2 Å². The maximum Gasteiger partial charge on any atom is 0.342 e. The van der Waals surface area contributed by atoms with E-state index in [4.69, 9.17) is 14.2 Å². The first kappa shape index (κ1) is 22.1. The summed E-state index contributed by atoms with van der Waals surface area (Å²) in [6, 6.07) is 9.87. The second-order valence-electron chi connectivity index (χ2n) is 6.27. The van der Waals surface area contributed by atoms with E-state index < -0.39 is 11.8 Å². The highest BCUT2D eigenvalue weighted by Crippen LogP contribution is 2.42. The number of ether oxygens (including phenoxy) is 3. The fraction of sp³-hybridized carbons (Fsp3) is 0.182. The van der Waals surface area contributed by atoms with Gasteiger partial charge in [0.1, 0.15) is 5.57 Å². The van der Waals surface area contributed by atoms with Crippen LogP contribution < -0.4 is 19.5 Å². The van der Waals surface area contributed by atoms with Gasteiger partial charge in [0, 0.05) is 17.3 Å². The molecule has 0 unspecified atom stereocenters. The minimum absolute atomic E-state index is 0.122. The molecule has 0 amide bonds. The molecule has 3 N–H and O–H groups in total. The molecule has 1 aliphatic rings. The Balaban J connectivity index is 1.94. The molecule has 0 radical (unpaired) electrons. The number of carbonyl (C=O) groups is 2. The molecule has 1 heterocycles. The van der Waals surface area contributed by atoms with Gasteiger partial charge in [-0.2, -0.15) is 0 Å². The Morgan fingerprint density at radius 3 is 2.52 bits per heavy atom. The van der Waals surface area contributed by atoms with Gasteiger partial charge in [0.2, 0.25) is 5.78 Å². The molecule has 31 heavy (non-hydrogen) atoms. The average Bonchev–Trinajstić information content (AvgIpc) is 3.05. The Hall–Kier alpha value is -3.59. The summed E-state index contributed by atoms with van der Waals surface area (Å²) in [5, 5.41) is 23.1. The number of hydrogen-bond donors (Lipinski definition) is 3. The van der Waals surface area contributed by atoms with Crippen LogP contribution in [0.1, 0.15) is 12.5 Å². The lowest BCUT2D eigenvalue weighted by atomic mass is 10.1. The highest BCUT2D eigenvalue weighted by molar-refractivity contribution is 8.08. The van der Waals surface area contributed by atoms with Crippen LogP contribution in [0.2, 0.25) is 0 Å². The number of carbonyl (C=O) groups excluding carboxylic acids is 1. The monoisotopic (exact) mass is 443 g/mol. The average molecular weight is 443 g/mol. The number of anilines is 1. The van der Waals surface area contributed by atoms with Gasteiger partial charge in [-0.3, -0.25) is 4.79 Å². The third kappa shape index (κ3) is 4.61. The SMILES string of the molecule is CCOc1cccc(C=C2SC(Nc3ccc(OC)c(OC)c3)=C(C(=O)O)C2=O)c1O. The Labute approximate surface area is 183 Å². The molecule has 0 saturated carbocycles. The van der Waals surface area contributed by atoms with Crippen molar-refractivity contribution in [3.05, 3.63) is 57.5 Å². The molecule has 0 aromatic heterocycles. The summed E-state index contributed by atoms with van der Waals surface area (Å²) in [5.74, 6) is -0.878. The lowest BCUT2D eigenvalue weighted by Crippen LogP contribution is -2.12. The normalized spacial score (nSPS) is 14.7. The second-order valence-corrected chi connectivity index (χ2v) is 7.32. The van der Waals surface area contributed by atoms with E-state index in [1.807, 2.05) is 0 Å². The smallest absolute Gasteiger partial charge is 0.342 e. The minimum atomic E-state index is -1.35. The van der Waals surface area contributed by atoms with E-state index >= 15 is 0 Å². The summed E-state index contributed by atoms with van der Waals surface area (Å²) in [5.41, 5.74) is 0.486. The molecule has 8 nitrogen and oxygen atoms in total. The zero-order valence-electron chi connectivity index (χ0n) is 17.1. The molecule has 9 heteroatoms. The summed E-state index contributed by atoms with van der Waals surface area (Å²) < 4.78 is 15.8. The Kier molecular flexibility index (Phi) is 6.76. The van der Waals surface area contributed by atoms with Crippen LogP contribution in [0.25, 0.3) is 6.08 Å². The number of carboxylic acids is 1. The lowest BCUT2D eigenvalue weighted by Gasteiger charge is -2.12. The Morgan fingerprint density at radius 2 is 1.87 bits per heavy atom. The third-order valence-electron chi connectivity index (χ3n) is 4.36. The van der Waals surface area contributed by atoms with Crippen molar-refractivity contribution in [2.75, 3.05) is 26.1 Å². The number of allylic oxidation sites excluding steroid dienone is 1. The van der Waals surface area contributed by atoms with Gasteiger partial charge < -0.3 is 29.7 Å². The van der Waals surface area contributed by atoms with Gasteiger partial charge in [-0.1, -0.05) is 23.9 Å². The van der Waals surface area contributed by atoms with Crippen LogP contribution in [0, 0.1) is 0 Å². The molecule has 0 atom stereocenters. The molecule has 162 valence electrons. The van der Waals surface area contributed by atoms with Crippen LogP contribution in [0.4, 0.5) is 5.69 Å². The number of ketones is 1. The van der Waals surface area contributed by atoms with Gasteiger partial charge in [0.25, 0.3) is 0 Å². The standard InChI is InChI=1S/C22H21NO7S/c1-4-30-15-7-5-6-12(19(15)24)10-17-20(25)18(22(26)27)21(31-17)23-13-8-9-14(28-2)16(11-13)29-3/h5-11,23-24H,4H2,1-3H3,(H,26,27). The summed E-state index contributed by atoms with van der Waals surface area (Å²) in [6.45, 7) is 2.15. The van der Waals surface area contributed by atoms with Crippen molar-refractivity contribution >= 4 is 35.3 Å². The van der Waals surface area contributed by atoms with E-state index in [0.29, 0.717) is 29.4 Å². The van der Waals surface area contributed by atoms with E-state index in [-0.39, 0.29) is 27.0 Å². The largest absolute Gasteiger partial charge is 0.504 e. The number of aromatic hydroxyl groups is 1. The number of thioether (sulfide) groups is 1. The van der Waals surface area contributed by atoms with Crippen molar-refractivity contribution in [1.29, 1.82) is 0 Å². The molecule has 2 aromatic carbocycles.